The van der Waals surface area contributed by atoms with Crippen molar-refractivity contribution in [1.29, 1.82) is 0 Å². The Morgan fingerprint density at radius 2 is 1.19 bits per heavy atom. The first-order valence-electron chi connectivity index (χ1n) is 6.56. The third-order valence-electron chi connectivity index (χ3n) is 3.43. The first-order valence-corrected chi connectivity index (χ1v) is 8.15. The standard InChI is InChI=1S/C18H13Br2N/c19-16-11-10-15(17(20)18(16)21)14-8-6-13(7-9-14)12-4-2-1-3-5-12/h1-11H,21H2. The van der Waals surface area contributed by atoms with Gasteiger partial charge in [-0.15, -0.1) is 0 Å². The first-order chi connectivity index (χ1) is 10.2. The van der Waals surface area contributed by atoms with E-state index in [0.717, 1.165) is 25.8 Å². The van der Waals surface area contributed by atoms with Crippen molar-refractivity contribution in [2.45, 2.75) is 0 Å². The van der Waals surface area contributed by atoms with Gasteiger partial charge in [-0.3, -0.25) is 0 Å². The van der Waals surface area contributed by atoms with Crippen molar-refractivity contribution in [2.75, 3.05) is 5.73 Å². The van der Waals surface area contributed by atoms with E-state index < -0.39 is 0 Å². The van der Waals surface area contributed by atoms with Crippen LogP contribution in [0.5, 0.6) is 0 Å². The number of benzene rings is 3. The highest BCUT2D eigenvalue weighted by Crippen LogP contribution is 2.37. The molecule has 0 unspecified atom stereocenters. The predicted molar refractivity (Wildman–Crippen MR) is 97.1 cm³/mol. The maximum Gasteiger partial charge on any atom is 0.0609 e. The van der Waals surface area contributed by atoms with Gasteiger partial charge in [-0.05, 0) is 60.2 Å². The van der Waals surface area contributed by atoms with Crippen molar-refractivity contribution in [3.8, 4) is 22.3 Å². The van der Waals surface area contributed by atoms with Gasteiger partial charge in [-0.2, -0.15) is 0 Å². The molecule has 21 heavy (non-hydrogen) atoms. The lowest BCUT2D eigenvalue weighted by Crippen LogP contribution is -1.91. The molecule has 0 saturated carbocycles. The summed E-state index contributed by atoms with van der Waals surface area (Å²) in [6, 6.07) is 22.9. The first kappa shape index (κ1) is 14.4. The fourth-order valence-corrected chi connectivity index (χ4v) is 3.44. The van der Waals surface area contributed by atoms with Crippen molar-refractivity contribution in [3.05, 3.63) is 75.7 Å². The Kier molecular flexibility index (Phi) is 4.13. The van der Waals surface area contributed by atoms with Crippen LogP contribution in [0.1, 0.15) is 0 Å². The highest BCUT2D eigenvalue weighted by molar-refractivity contribution is 9.11. The number of hydrogen-bond donors (Lipinski definition) is 1. The number of anilines is 1. The van der Waals surface area contributed by atoms with Crippen LogP contribution in [0, 0.1) is 0 Å². The van der Waals surface area contributed by atoms with Gasteiger partial charge in [0.25, 0.3) is 0 Å². The SMILES string of the molecule is Nc1c(Br)ccc(-c2ccc(-c3ccccc3)cc2)c1Br. The molecular formula is C18H13Br2N. The summed E-state index contributed by atoms with van der Waals surface area (Å²) >= 11 is 7.02. The van der Waals surface area contributed by atoms with Crippen LogP contribution >= 0.6 is 31.9 Å². The Hall–Kier alpha value is -1.58. The number of hydrogen-bond acceptors (Lipinski definition) is 1. The number of rotatable bonds is 2. The van der Waals surface area contributed by atoms with Gasteiger partial charge in [-0.25, -0.2) is 0 Å². The van der Waals surface area contributed by atoms with Crippen LogP contribution < -0.4 is 5.73 Å². The minimum absolute atomic E-state index is 0.722. The molecule has 0 fully saturated rings. The van der Waals surface area contributed by atoms with Crippen LogP contribution in [0.15, 0.2) is 75.7 Å². The number of nitrogens with two attached hydrogens (primary N) is 1. The summed E-state index contributed by atoms with van der Waals surface area (Å²) in [7, 11) is 0. The van der Waals surface area contributed by atoms with E-state index in [0.29, 0.717) is 0 Å². The summed E-state index contributed by atoms with van der Waals surface area (Å²) in [5.74, 6) is 0. The Morgan fingerprint density at radius 1 is 0.619 bits per heavy atom. The van der Waals surface area contributed by atoms with Crippen LogP contribution in [-0.4, -0.2) is 0 Å². The molecule has 0 bridgehead atoms. The minimum Gasteiger partial charge on any atom is -0.397 e. The molecule has 3 aromatic rings. The van der Waals surface area contributed by atoms with Crippen LogP contribution in [0.25, 0.3) is 22.3 Å². The van der Waals surface area contributed by atoms with Gasteiger partial charge < -0.3 is 5.73 Å². The molecule has 104 valence electrons. The van der Waals surface area contributed by atoms with E-state index in [2.05, 4.69) is 86.5 Å². The third kappa shape index (κ3) is 2.89. The van der Waals surface area contributed by atoms with Crippen molar-refractivity contribution >= 4 is 37.5 Å². The van der Waals surface area contributed by atoms with Crippen LogP contribution in [-0.2, 0) is 0 Å². The second kappa shape index (κ2) is 6.04. The van der Waals surface area contributed by atoms with Crippen LogP contribution in [0.2, 0.25) is 0 Å². The quantitative estimate of drug-likeness (QED) is 0.512. The predicted octanol–water partition coefficient (Wildman–Crippen LogP) is 6.13. The lowest BCUT2D eigenvalue weighted by molar-refractivity contribution is 1.54. The zero-order valence-electron chi connectivity index (χ0n) is 11.2. The highest BCUT2D eigenvalue weighted by Gasteiger charge is 2.09. The van der Waals surface area contributed by atoms with E-state index in [4.69, 9.17) is 5.73 Å². The monoisotopic (exact) mass is 401 g/mol. The second-order valence-electron chi connectivity index (χ2n) is 4.77. The summed E-state index contributed by atoms with van der Waals surface area (Å²) in [6.45, 7) is 0. The average Bonchev–Trinajstić information content (AvgIpc) is 2.54. The van der Waals surface area contributed by atoms with Crippen molar-refractivity contribution in [1.82, 2.24) is 0 Å². The maximum atomic E-state index is 6.05. The second-order valence-corrected chi connectivity index (χ2v) is 6.41. The molecule has 0 aliphatic carbocycles. The molecule has 0 aromatic heterocycles. The largest absolute Gasteiger partial charge is 0.397 e. The molecule has 3 rings (SSSR count). The topological polar surface area (TPSA) is 26.0 Å². The molecule has 0 aliphatic heterocycles. The van der Waals surface area contributed by atoms with E-state index >= 15 is 0 Å². The van der Waals surface area contributed by atoms with Gasteiger partial charge in [0, 0.05) is 8.95 Å². The average molecular weight is 403 g/mol. The summed E-state index contributed by atoms with van der Waals surface area (Å²) in [5.41, 5.74) is 11.4. The van der Waals surface area contributed by atoms with Crippen LogP contribution in [0.4, 0.5) is 5.69 Å². The maximum absolute atomic E-state index is 6.05. The minimum atomic E-state index is 0.722. The Bertz CT molecular complexity index is 765. The van der Waals surface area contributed by atoms with E-state index in [-0.39, 0.29) is 0 Å². The molecule has 0 heterocycles. The van der Waals surface area contributed by atoms with E-state index in [1.165, 1.54) is 11.1 Å². The van der Waals surface area contributed by atoms with Crippen molar-refractivity contribution in [3.63, 3.8) is 0 Å². The molecular weight excluding hydrogens is 390 g/mol. The lowest BCUT2D eigenvalue weighted by Gasteiger charge is -2.10. The zero-order chi connectivity index (χ0) is 14.8. The summed E-state index contributed by atoms with van der Waals surface area (Å²) < 4.78 is 1.82. The van der Waals surface area contributed by atoms with Gasteiger partial charge in [-0.1, -0.05) is 60.7 Å². The smallest absolute Gasteiger partial charge is 0.0609 e. The van der Waals surface area contributed by atoms with Crippen LogP contribution in [0.3, 0.4) is 0 Å². The van der Waals surface area contributed by atoms with Crippen molar-refractivity contribution in [2.24, 2.45) is 0 Å². The van der Waals surface area contributed by atoms with Crippen molar-refractivity contribution < 1.29 is 0 Å². The van der Waals surface area contributed by atoms with Gasteiger partial charge in [0.2, 0.25) is 0 Å². The molecule has 3 aromatic carbocycles. The molecule has 0 atom stereocenters. The van der Waals surface area contributed by atoms with Gasteiger partial charge >= 0.3 is 0 Å². The molecule has 0 radical (unpaired) electrons. The van der Waals surface area contributed by atoms with Gasteiger partial charge in [0.05, 0.1) is 5.69 Å². The fourth-order valence-electron chi connectivity index (χ4n) is 2.27. The molecule has 0 saturated heterocycles. The van der Waals surface area contributed by atoms with E-state index in [1.54, 1.807) is 0 Å². The lowest BCUT2D eigenvalue weighted by atomic mass is 10.00. The zero-order valence-corrected chi connectivity index (χ0v) is 14.4. The molecule has 1 nitrogen and oxygen atoms in total. The molecule has 2 N–H and O–H groups in total. The Labute approximate surface area is 141 Å². The fraction of sp³-hybridized carbons (Fsp3) is 0. The summed E-state index contributed by atoms with van der Waals surface area (Å²) in [6.07, 6.45) is 0. The number of nitrogen functional groups attached to an aromatic ring is 1. The highest BCUT2D eigenvalue weighted by atomic mass is 79.9. The van der Waals surface area contributed by atoms with E-state index in [9.17, 15) is 0 Å². The molecule has 3 heteroatoms. The van der Waals surface area contributed by atoms with Gasteiger partial charge in [0.1, 0.15) is 0 Å². The molecule has 0 spiro atoms. The Morgan fingerprint density at radius 3 is 1.86 bits per heavy atom. The summed E-state index contributed by atoms with van der Waals surface area (Å²) in [4.78, 5) is 0. The third-order valence-corrected chi connectivity index (χ3v) is 4.98. The molecule has 0 amide bonds. The Balaban J connectivity index is 2.01. The van der Waals surface area contributed by atoms with Gasteiger partial charge in [0.15, 0.2) is 0 Å². The number of halogens is 2. The van der Waals surface area contributed by atoms with E-state index in [1.807, 2.05) is 12.1 Å². The summed E-state index contributed by atoms with van der Waals surface area (Å²) in [5, 5.41) is 0. The molecule has 0 aliphatic rings. The normalized spacial score (nSPS) is 10.6.